The number of aromatic nitrogens is 1. The molecule has 0 aliphatic heterocycles. The summed E-state index contributed by atoms with van der Waals surface area (Å²) in [6.07, 6.45) is 3.13. The molecule has 1 N–H and O–H groups in total. The van der Waals surface area contributed by atoms with Crippen LogP contribution in [0.4, 0.5) is 5.69 Å². The van der Waals surface area contributed by atoms with Gasteiger partial charge in [0, 0.05) is 19.3 Å². The van der Waals surface area contributed by atoms with Crippen molar-refractivity contribution in [1.29, 1.82) is 0 Å². The van der Waals surface area contributed by atoms with Crippen LogP contribution in [-0.4, -0.2) is 34.8 Å². The number of rotatable bonds is 4. The highest BCUT2D eigenvalue weighted by atomic mass is 16.2. The summed E-state index contributed by atoms with van der Waals surface area (Å²) >= 11 is 0. The molecule has 1 aromatic heterocycles. The fourth-order valence-electron chi connectivity index (χ4n) is 2.00. The van der Waals surface area contributed by atoms with E-state index < -0.39 is 11.8 Å². The Bertz CT molecular complexity index is 478. The van der Waals surface area contributed by atoms with Gasteiger partial charge in [-0.15, -0.1) is 0 Å². The van der Waals surface area contributed by atoms with Crippen LogP contribution in [0.25, 0.3) is 0 Å². The summed E-state index contributed by atoms with van der Waals surface area (Å²) in [4.78, 5) is 30.0. The average Bonchev–Trinajstić information content (AvgIpc) is 2.36. The molecule has 2 amide bonds. The topological polar surface area (TPSA) is 62.3 Å². The number of hydrogen-bond acceptors (Lipinski definition) is 3. The van der Waals surface area contributed by atoms with Crippen LogP contribution in [0.3, 0.4) is 0 Å². The van der Waals surface area contributed by atoms with Gasteiger partial charge in [0.2, 0.25) is 0 Å². The molecule has 0 aromatic carbocycles. The lowest BCUT2D eigenvalue weighted by molar-refractivity contribution is -0.144. The zero-order valence-electron chi connectivity index (χ0n) is 13.5. The molecule has 0 saturated heterocycles. The van der Waals surface area contributed by atoms with E-state index in [1.54, 1.807) is 23.2 Å². The third-order valence-electron chi connectivity index (χ3n) is 2.65. The van der Waals surface area contributed by atoms with Crippen molar-refractivity contribution >= 4 is 17.5 Å². The van der Waals surface area contributed by atoms with Crippen LogP contribution in [0, 0.1) is 11.3 Å². The standard InChI is InChI=1S/C16H25N3O2/c1-12(2)10-19(11-16(3,4)5)15(21)14(20)18-13-7-6-8-17-9-13/h6-9,12H,10-11H2,1-5H3,(H,18,20). The number of pyridine rings is 1. The highest BCUT2D eigenvalue weighted by Crippen LogP contribution is 2.17. The molecule has 1 aromatic rings. The quantitative estimate of drug-likeness (QED) is 0.867. The SMILES string of the molecule is CC(C)CN(CC(C)(C)C)C(=O)C(=O)Nc1cccnc1. The van der Waals surface area contributed by atoms with Gasteiger partial charge in [-0.25, -0.2) is 0 Å². The Morgan fingerprint density at radius 3 is 2.48 bits per heavy atom. The van der Waals surface area contributed by atoms with E-state index >= 15 is 0 Å². The van der Waals surface area contributed by atoms with Crippen molar-refractivity contribution in [3.63, 3.8) is 0 Å². The number of carbonyl (C=O) groups excluding carboxylic acids is 2. The lowest BCUT2D eigenvalue weighted by Crippen LogP contribution is -2.45. The Morgan fingerprint density at radius 2 is 2.00 bits per heavy atom. The van der Waals surface area contributed by atoms with Gasteiger partial charge in [-0.2, -0.15) is 0 Å². The fraction of sp³-hybridized carbons (Fsp3) is 0.562. The Labute approximate surface area is 126 Å². The molecule has 0 unspecified atom stereocenters. The van der Waals surface area contributed by atoms with Crippen molar-refractivity contribution in [2.75, 3.05) is 18.4 Å². The molecular weight excluding hydrogens is 266 g/mol. The molecule has 1 rings (SSSR count). The van der Waals surface area contributed by atoms with Crippen LogP contribution in [0.2, 0.25) is 0 Å². The van der Waals surface area contributed by atoms with Crippen molar-refractivity contribution in [1.82, 2.24) is 9.88 Å². The number of anilines is 1. The molecule has 0 aliphatic rings. The molecule has 0 fully saturated rings. The third-order valence-corrected chi connectivity index (χ3v) is 2.65. The molecule has 0 aliphatic carbocycles. The second-order valence-electron chi connectivity index (χ2n) is 6.84. The van der Waals surface area contributed by atoms with Gasteiger partial charge in [-0.05, 0) is 23.5 Å². The van der Waals surface area contributed by atoms with Crippen molar-refractivity contribution < 1.29 is 9.59 Å². The zero-order chi connectivity index (χ0) is 16.0. The first-order valence-corrected chi connectivity index (χ1v) is 7.19. The van der Waals surface area contributed by atoms with E-state index in [2.05, 4.69) is 10.3 Å². The van der Waals surface area contributed by atoms with Crippen molar-refractivity contribution in [2.24, 2.45) is 11.3 Å². The Morgan fingerprint density at radius 1 is 1.33 bits per heavy atom. The van der Waals surface area contributed by atoms with Crippen molar-refractivity contribution in [2.45, 2.75) is 34.6 Å². The predicted molar refractivity (Wildman–Crippen MR) is 83.7 cm³/mol. The van der Waals surface area contributed by atoms with E-state index in [9.17, 15) is 9.59 Å². The molecule has 5 nitrogen and oxygen atoms in total. The third kappa shape index (κ3) is 6.38. The second-order valence-corrected chi connectivity index (χ2v) is 6.84. The second kappa shape index (κ2) is 7.20. The van der Waals surface area contributed by atoms with Gasteiger partial charge < -0.3 is 10.2 Å². The molecule has 0 bridgehead atoms. The van der Waals surface area contributed by atoms with Gasteiger partial charge >= 0.3 is 11.8 Å². The van der Waals surface area contributed by atoms with Crippen LogP contribution in [0.5, 0.6) is 0 Å². The number of amides is 2. The van der Waals surface area contributed by atoms with Gasteiger partial charge in [0.05, 0.1) is 11.9 Å². The normalized spacial score (nSPS) is 11.3. The van der Waals surface area contributed by atoms with E-state index in [0.717, 1.165) is 0 Å². The molecule has 0 spiro atoms. The monoisotopic (exact) mass is 291 g/mol. The Balaban J connectivity index is 2.77. The van der Waals surface area contributed by atoms with Gasteiger partial charge in [0.1, 0.15) is 0 Å². The van der Waals surface area contributed by atoms with Gasteiger partial charge in [-0.1, -0.05) is 34.6 Å². The van der Waals surface area contributed by atoms with Crippen LogP contribution in [-0.2, 0) is 9.59 Å². The van der Waals surface area contributed by atoms with Crippen LogP contribution in [0.15, 0.2) is 24.5 Å². The van der Waals surface area contributed by atoms with Gasteiger partial charge in [0.25, 0.3) is 0 Å². The van der Waals surface area contributed by atoms with E-state index in [0.29, 0.717) is 24.7 Å². The van der Waals surface area contributed by atoms with E-state index in [4.69, 9.17) is 0 Å². The maximum absolute atomic E-state index is 12.4. The van der Waals surface area contributed by atoms with Crippen LogP contribution in [0.1, 0.15) is 34.6 Å². The summed E-state index contributed by atoms with van der Waals surface area (Å²) in [5, 5.41) is 2.59. The van der Waals surface area contributed by atoms with Crippen LogP contribution < -0.4 is 5.32 Å². The molecular formula is C16H25N3O2. The summed E-state index contributed by atoms with van der Waals surface area (Å²) in [5.41, 5.74) is 0.468. The maximum atomic E-state index is 12.4. The summed E-state index contributed by atoms with van der Waals surface area (Å²) in [7, 11) is 0. The molecule has 0 atom stereocenters. The summed E-state index contributed by atoms with van der Waals surface area (Å²) in [6, 6.07) is 3.41. The van der Waals surface area contributed by atoms with Crippen molar-refractivity contribution in [3.05, 3.63) is 24.5 Å². The minimum absolute atomic E-state index is 0.0564. The number of nitrogens with one attached hydrogen (secondary N) is 1. The number of hydrogen-bond donors (Lipinski definition) is 1. The molecule has 5 heteroatoms. The zero-order valence-corrected chi connectivity index (χ0v) is 13.5. The molecule has 116 valence electrons. The van der Waals surface area contributed by atoms with E-state index in [1.165, 1.54) is 6.20 Å². The lowest BCUT2D eigenvalue weighted by atomic mass is 9.95. The van der Waals surface area contributed by atoms with Gasteiger partial charge in [-0.3, -0.25) is 14.6 Å². The lowest BCUT2D eigenvalue weighted by Gasteiger charge is -2.30. The first-order chi connectivity index (χ1) is 9.69. The largest absolute Gasteiger partial charge is 0.334 e. The number of carbonyl (C=O) groups is 2. The fourth-order valence-corrected chi connectivity index (χ4v) is 2.00. The van der Waals surface area contributed by atoms with Crippen molar-refractivity contribution in [3.8, 4) is 0 Å². The predicted octanol–water partition coefficient (Wildman–Crippen LogP) is 2.55. The minimum atomic E-state index is -0.618. The smallest absolute Gasteiger partial charge is 0.313 e. The highest BCUT2D eigenvalue weighted by Gasteiger charge is 2.26. The minimum Gasteiger partial charge on any atom is -0.334 e. The maximum Gasteiger partial charge on any atom is 0.313 e. The first kappa shape index (κ1) is 17.1. The molecule has 1 heterocycles. The summed E-state index contributed by atoms with van der Waals surface area (Å²) in [5.74, 6) is -0.808. The van der Waals surface area contributed by atoms with E-state index in [-0.39, 0.29) is 5.41 Å². The molecule has 0 saturated carbocycles. The summed E-state index contributed by atoms with van der Waals surface area (Å²) in [6.45, 7) is 11.3. The van der Waals surface area contributed by atoms with Gasteiger partial charge in [0.15, 0.2) is 0 Å². The van der Waals surface area contributed by atoms with Crippen LogP contribution >= 0.6 is 0 Å². The first-order valence-electron chi connectivity index (χ1n) is 7.19. The Hall–Kier alpha value is -1.91. The molecule has 21 heavy (non-hydrogen) atoms. The average molecular weight is 291 g/mol. The number of nitrogens with zero attached hydrogens (tertiary/aromatic N) is 2. The van der Waals surface area contributed by atoms with E-state index in [1.807, 2.05) is 34.6 Å². The summed E-state index contributed by atoms with van der Waals surface area (Å²) < 4.78 is 0. The highest BCUT2D eigenvalue weighted by molar-refractivity contribution is 6.39. The Kier molecular flexibility index (Phi) is 5.88. The molecule has 0 radical (unpaired) electrons.